The number of allylic oxidation sites excluding steroid dienone is 2. The van der Waals surface area contributed by atoms with Gasteiger partial charge in [0.2, 0.25) is 0 Å². The lowest BCUT2D eigenvalue weighted by Gasteiger charge is -2.05. The fourth-order valence-corrected chi connectivity index (χ4v) is 2.21. The van der Waals surface area contributed by atoms with Crippen molar-refractivity contribution in [3.8, 4) is 0 Å². The van der Waals surface area contributed by atoms with Crippen LogP contribution < -0.4 is 5.32 Å². The highest BCUT2D eigenvalue weighted by atomic mass is 16.6. The molecule has 0 saturated carbocycles. The number of carbonyl (C=O) groups is 1. The Hall–Kier alpha value is -2.17. The standard InChI is InChI=1S/C13H14N2O3/c1-8-6-11(14-2)12(13(8)16)9-4-3-5-10(7-9)15(17)18/h3-5,7-8,14H,6H2,1-2H3. The average Bonchev–Trinajstić information content (AvgIpc) is 2.65. The lowest BCUT2D eigenvalue weighted by Crippen LogP contribution is -2.06. The summed E-state index contributed by atoms with van der Waals surface area (Å²) in [6, 6.07) is 6.20. The zero-order valence-corrected chi connectivity index (χ0v) is 10.3. The molecule has 0 spiro atoms. The van der Waals surface area contributed by atoms with E-state index in [-0.39, 0.29) is 17.4 Å². The number of non-ortho nitro benzene ring substituents is 1. The second-order valence-corrected chi connectivity index (χ2v) is 4.38. The molecule has 5 heteroatoms. The molecule has 0 aromatic heterocycles. The first-order valence-corrected chi connectivity index (χ1v) is 5.74. The van der Waals surface area contributed by atoms with Gasteiger partial charge in [0.25, 0.3) is 5.69 Å². The molecule has 0 bridgehead atoms. The van der Waals surface area contributed by atoms with Gasteiger partial charge in [-0.25, -0.2) is 0 Å². The first kappa shape index (κ1) is 12.3. The molecule has 1 atom stereocenters. The van der Waals surface area contributed by atoms with Crippen LogP contribution in [-0.4, -0.2) is 17.8 Å². The number of benzene rings is 1. The van der Waals surface area contributed by atoms with Crippen LogP contribution in [-0.2, 0) is 4.79 Å². The lowest BCUT2D eigenvalue weighted by atomic mass is 10.00. The van der Waals surface area contributed by atoms with E-state index in [1.807, 2.05) is 6.92 Å². The van der Waals surface area contributed by atoms with Crippen molar-refractivity contribution in [3.63, 3.8) is 0 Å². The van der Waals surface area contributed by atoms with Crippen LogP contribution in [0.4, 0.5) is 5.69 Å². The average molecular weight is 246 g/mol. The Kier molecular flexibility index (Phi) is 3.14. The summed E-state index contributed by atoms with van der Waals surface area (Å²) in [5.41, 5.74) is 2.05. The van der Waals surface area contributed by atoms with Gasteiger partial charge in [-0.05, 0) is 12.0 Å². The minimum absolute atomic E-state index is 0.00260. The van der Waals surface area contributed by atoms with E-state index in [9.17, 15) is 14.9 Å². The van der Waals surface area contributed by atoms with E-state index < -0.39 is 4.92 Å². The van der Waals surface area contributed by atoms with Crippen molar-refractivity contribution >= 4 is 17.0 Å². The van der Waals surface area contributed by atoms with Gasteiger partial charge in [-0.15, -0.1) is 0 Å². The number of ketones is 1. The summed E-state index contributed by atoms with van der Waals surface area (Å²) in [6.45, 7) is 1.87. The monoisotopic (exact) mass is 246 g/mol. The van der Waals surface area contributed by atoms with Gasteiger partial charge in [-0.3, -0.25) is 14.9 Å². The van der Waals surface area contributed by atoms with E-state index >= 15 is 0 Å². The number of nitro groups is 1. The van der Waals surface area contributed by atoms with Gasteiger partial charge in [-0.1, -0.05) is 19.1 Å². The van der Waals surface area contributed by atoms with E-state index in [1.165, 1.54) is 12.1 Å². The minimum atomic E-state index is -0.452. The third kappa shape index (κ3) is 1.99. The van der Waals surface area contributed by atoms with Gasteiger partial charge < -0.3 is 5.32 Å². The molecule has 94 valence electrons. The molecular weight excluding hydrogens is 232 g/mol. The highest BCUT2D eigenvalue weighted by molar-refractivity contribution is 6.24. The number of nitrogens with zero attached hydrogens (tertiary/aromatic N) is 1. The number of Topliss-reactive ketones (excluding diaryl/α,β-unsaturated/α-hetero) is 1. The normalized spacial score (nSPS) is 19.2. The van der Waals surface area contributed by atoms with Gasteiger partial charge in [0.15, 0.2) is 5.78 Å². The molecule has 2 rings (SSSR count). The van der Waals surface area contributed by atoms with Crippen LogP contribution in [0.15, 0.2) is 30.0 Å². The molecule has 1 aromatic rings. The third-order valence-corrected chi connectivity index (χ3v) is 3.15. The van der Waals surface area contributed by atoms with Gasteiger partial charge in [0, 0.05) is 36.4 Å². The maximum Gasteiger partial charge on any atom is 0.270 e. The predicted octanol–water partition coefficient (Wildman–Crippen LogP) is 2.13. The zero-order valence-electron chi connectivity index (χ0n) is 10.3. The van der Waals surface area contributed by atoms with Crippen molar-refractivity contribution < 1.29 is 9.72 Å². The van der Waals surface area contributed by atoms with Crippen molar-refractivity contribution in [2.45, 2.75) is 13.3 Å². The molecule has 1 N–H and O–H groups in total. The van der Waals surface area contributed by atoms with Crippen LogP contribution in [0.3, 0.4) is 0 Å². The molecule has 0 aliphatic heterocycles. The van der Waals surface area contributed by atoms with E-state index in [1.54, 1.807) is 19.2 Å². The van der Waals surface area contributed by atoms with Crippen molar-refractivity contribution in [2.24, 2.45) is 5.92 Å². The summed E-state index contributed by atoms with van der Waals surface area (Å²) in [4.78, 5) is 22.4. The first-order valence-electron chi connectivity index (χ1n) is 5.74. The maximum absolute atomic E-state index is 12.1. The molecule has 0 radical (unpaired) electrons. The molecule has 0 saturated heterocycles. The fourth-order valence-electron chi connectivity index (χ4n) is 2.21. The highest BCUT2D eigenvalue weighted by Crippen LogP contribution is 2.34. The number of nitrogens with one attached hydrogen (secondary N) is 1. The summed E-state index contributed by atoms with van der Waals surface area (Å²) >= 11 is 0. The lowest BCUT2D eigenvalue weighted by molar-refractivity contribution is -0.384. The van der Waals surface area contributed by atoms with E-state index in [0.717, 1.165) is 5.70 Å². The number of rotatable bonds is 3. The number of carbonyl (C=O) groups excluding carboxylic acids is 1. The summed E-state index contributed by atoms with van der Waals surface area (Å²) < 4.78 is 0. The Balaban J connectivity index is 2.50. The van der Waals surface area contributed by atoms with Gasteiger partial charge >= 0.3 is 0 Å². The summed E-state index contributed by atoms with van der Waals surface area (Å²) in [7, 11) is 1.76. The number of hydrogen-bond acceptors (Lipinski definition) is 4. The second-order valence-electron chi connectivity index (χ2n) is 4.38. The Morgan fingerprint density at radius 1 is 1.44 bits per heavy atom. The van der Waals surface area contributed by atoms with E-state index in [4.69, 9.17) is 0 Å². The Morgan fingerprint density at radius 2 is 2.17 bits per heavy atom. The molecule has 1 aliphatic carbocycles. The highest BCUT2D eigenvalue weighted by Gasteiger charge is 2.30. The van der Waals surface area contributed by atoms with E-state index in [0.29, 0.717) is 17.6 Å². The molecule has 0 heterocycles. The second kappa shape index (κ2) is 4.60. The Morgan fingerprint density at radius 3 is 2.78 bits per heavy atom. The van der Waals surface area contributed by atoms with Crippen molar-refractivity contribution in [3.05, 3.63) is 45.6 Å². The molecule has 0 amide bonds. The Labute approximate surface area is 105 Å². The largest absolute Gasteiger partial charge is 0.391 e. The summed E-state index contributed by atoms with van der Waals surface area (Å²) in [5.74, 6) is -0.0263. The summed E-state index contributed by atoms with van der Waals surface area (Å²) in [6.07, 6.45) is 0.660. The fraction of sp³-hybridized carbons (Fsp3) is 0.308. The van der Waals surface area contributed by atoms with Gasteiger partial charge in [0.1, 0.15) is 0 Å². The van der Waals surface area contributed by atoms with Crippen molar-refractivity contribution in [1.82, 2.24) is 5.32 Å². The SMILES string of the molecule is CNC1=C(c2cccc([N+](=O)[O-])c2)C(=O)C(C)C1. The van der Waals surface area contributed by atoms with Crippen LogP contribution in [0.5, 0.6) is 0 Å². The molecule has 1 aliphatic rings. The first-order chi connectivity index (χ1) is 8.54. The minimum Gasteiger partial charge on any atom is -0.391 e. The van der Waals surface area contributed by atoms with Crippen LogP contribution in [0.25, 0.3) is 5.57 Å². The topological polar surface area (TPSA) is 72.2 Å². The smallest absolute Gasteiger partial charge is 0.270 e. The van der Waals surface area contributed by atoms with Crippen molar-refractivity contribution in [1.29, 1.82) is 0 Å². The molecule has 1 unspecified atom stereocenters. The quantitative estimate of drug-likeness (QED) is 0.655. The van der Waals surface area contributed by atoms with Crippen molar-refractivity contribution in [2.75, 3.05) is 7.05 Å². The van der Waals surface area contributed by atoms with E-state index in [2.05, 4.69) is 5.32 Å². The van der Waals surface area contributed by atoms with Crippen LogP contribution in [0.1, 0.15) is 18.9 Å². The molecule has 5 nitrogen and oxygen atoms in total. The Bertz CT molecular complexity index is 549. The van der Waals surface area contributed by atoms with Gasteiger partial charge in [0.05, 0.1) is 4.92 Å². The maximum atomic E-state index is 12.1. The molecule has 1 aromatic carbocycles. The van der Waals surface area contributed by atoms with Gasteiger partial charge in [-0.2, -0.15) is 0 Å². The molecule has 18 heavy (non-hydrogen) atoms. The number of nitro benzene ring substituents is 1. The van der Waals surface area contributed by atoms with Crippen LogP contribution in [0.2, 0.25) is 0 Å². The predicted molar refractivity (Wildman–Crippen MR) is 67.9 cm³/mol. The van der Waals surface area contributed by atoms with Crippen LogP contribution >= 0.6 is 0 Å². The third-order valence-electron chi connectivity index (χ3n) is 3.15. The zero-order chi connectivity index (χ0) is 13.3. The molecular formula is C13H14N2O3. The molecule has 0 fully saturated rings. The van der Waals surface area contributed by atoms with Crippen LogP contribution in [0, 0.1) is 16.0 Å². The summed E-state index contributed by atoms with van der Waals surface area (Å²) in [5, 5.41) is 13.8. The number of hydrogen-bond donors (Lipinski definition) is 1.